The molecule has 0 spiro atoms. The third kappa shape index (κ3) is 10.5. The number of piperidine rings is 1. The normalized spacial score (nSPS) is 16.5. The van der Waals surface area contributed by atoms with Gasteiger partial charge in [-0.05, 0) is 68.9 Å². The van der Waals surface area contributed by atoms with Crippen molar-refractivity contribution < 1.29 is 27.5 Å². The van der Waals surface area contributed by atoms with Gasteiger partial charge in [0.25, 0.3) is 0 Å². The third-order valence-electron chi connectivity index (χ3n) is 7.27. The summed E-state index contributed by atoms with van der Waals surface area (Å²) in [4.78, 5) is 42.5. The highest BCUT2D eigenvalue weighted by Crippen LogP contribution is 2.21. The molecule has 0 unspecified atom stereocenters. The van der Waals surface area contributed by atoms with E-state index in [0.717, 1.165) is 36.5 Å². The number of carbonyl (C=O) groups is 3. The standard InChI is InChI=1S/C31H47N5O6S/c1-5-6-16-35(18-15-32)29(38)27(34-43(40,41)26-14-13-24-11-7-8-12-25(24)19-26)20-28(37)33-21-23-10-9-17-36(22-23)30(39)42-31(2,3)4/h7-8,11-14,19,23,27,34H,5-6,9-10,15-18,20-22,32H2,1-4H3,(H,33,37)/t23-,27-/m0/s1. The largest absolute Gasteiger partial charge is 0.444 e. The Labute approximate surface area is 255 Å². The number of unbranched alkanes of at least 4 members (excludes halogenated alkanes) is 1. The van der Waals surface area contributed by atoms with Crippen molar-refractivity contribution in [2.75, 3.05) is 39.3 Å². The second-order valence-electron chi connectivity index (χ2n) is 12.1. The minimum Gasteiger partial charge on any atom is -0.444 e. The van der Waals surface area contributed by atoms with Crippen LogP contribution in [0.25, 0.3) is 10.8 Å². The fourth-order valence-electron chi connectivity index (χ4n) is 5.07. The Morgan fingerprint density at radius 2 is 1.84 bits per heavy atom. The quantitative estimate of drug-likeness (QED) is 0.312. The molecule has 0 aliphatic carbocycles. The van der Waals surface area contributed by atoms with Crippen LogP contribution in [-0.2, 0) is 24.3 Å². The van der Waals surface area contributed by atoms with E-state index < -0.39 is 33.5 Å². The van der Waals surface area contributed by atoms with Crippen molar-refractivity contribution in [3.8, 4) is 0 Å². The first kappa shape index (κ1) is 34.3. The lowest BCUT2D eigenvalue weighted by molar-refractivity contribution is -0.135. The highest BCUT2D eigenvalue weighted by atomic mass is 32.2. The van der Waals surface area contributed by atoms with E-state index in [-0.39, 0.29) is 36.4 Å². The molecular weight excluding hydrogens is 570 g/mol. The number of sulfonamides is 1. The fraction of sp³-hybridized carbons (Fsp3) is 0.581. The number of likely N-dealkylation sites (tertiary alicyclic amines) is 1. The van der Waals surface area contributed by atoms with Gasteiger partial charge in [-0.25, -0.2) is 13.2 Å². The lowest BCUT2D eigenvalue weighted by atomic mass is 9.98. The zero-order valence-electron chi connectivity index (χ0n) is 25.8. The van der Waals surface area contributed by atoms with Crippen molar-refractivity contribution in [1.29, 1.82) is 0 Å². The Balaban J connectivity index is 1.73. The molecule has 12 heteroatoms. The average molecular weight is 618 g/mol. The Morgan fingerprint density at radius 3 is 2.51 bits per heavy atom. The van der Waals surface area contributed by atoms with Crippen LogP contribution in [-0.4, -0.2) is 87.0 Å². The number of hydrogen-bond acceptors (Lipinski definition) is 7. The molecule has 1 saturated heterocycles. The molecule has 2 aromatic rings. The monoisotopic (exact) mass is 617 g/mol. The van der Waals surface area contributed by atoms with E-state index in [1.807, 2.05) is 52.0 Å². The summed E-state index contributed by atoms with van der Waals surface area (Å²) < 4.78 is 35.0. The SMILES string of the molecule is CCCCN(CCN)C(=O)[C@H](CC(=O)NC[C@@H]1CCCN(C(=O)OC(C)(C)C)C1)NS(=O)(=O)c1ccc2ccccc2c1. The maximum atomic E-state index is 13.6. The van der Waals surface area contributed by atoms with Gasteiger partial charge in [-0.3, -0.25) is 9.59 Å². The van der Waals surface area contributed by atoms with Gasteiger partial charge in [0.1, 0.15) is 11.6 Å². The van der Waals surface area contributed by atoms with Crippen molar-refractivity contribution in [3.63, 3.8) is 0 Å². The first-order chi connectivity index (χ1) is 20.3. The Kier molecular flexibility index (Phi) is 12.3. The molecule has 0 aromatic heterocycles. The summed E-state index contributed by atoms with van der Waals surface area (Å²) >= 11 is 0. The summed E-state index contributed by atoms with van der Waals surface area (Å²) in [6, 6.07) is 10.8. The minimum absolute atomic E-state index is 0.00644. The van der Waals surface area contributed by atoms with Crippen LogP contribution >= 0.6 is 0 Å². The van der Waals surface area contributed by atoms with Crippen LogP contribution in [0.4, 0.5) is 4.79 Å². The molecule has 1 heterocycles. The molecule has 0 saturated carbocycles. The number of hydrogen-bond donors (Lipinski definition) is 3. The number of carbonyl (C=O) groups excluding carboxylic acids is 3. The average Bonchev–Trinajstić information content (AvgIpc) is 2.96. The number of fused-ring (bicyclic) bond motifs is 1. The highest BCUT2D eigenvalue weighted by molar-refractivity contribution is 7.89. The zero-order valence-corrected chi connectivity index (χ0v) is 26.6. The first-order valence-corrected chi connectivity index (χ1v) is 16.6. The second kappa shape index (κ2) is 15.5. The molecule has 2 atom stereocenters. The van der Waals surface area contributed by atoms with E-state index in [0.29, 0.717) is 26.2 Å². The Morgan fingerprint density at radius 1 is 1.12 bits per heavy atom. The van der Waals surface area contributed by atoms with Crippen LogP contribution in [0.3, 0.4) is 0 Å². The summed E-state index contributed by atoms with van der Waals surface area (Å²) in [5, 5.41) is 4.49. The molecule has 1 aliphatic heterocycles. The second-order valence-corrected chi connectivity index (χ2v) is 13.8. The molecule has 2 aromatic carbocycles. The number of amides is 3. The third-order valence-corrected chi connectivity index (χ3v) is 8.74. The van der Waals surface area contributed by atoms with Crippen molar-refractivity contribution in [2.45, 2.75) is 76.3 Å². The topological polar surface area (TPSA) is 151 Å². The van der Waals surface area contributed by atoms with Crippen LogP contribution in [0.1, 0.15) is 59.8 Å². The molecule has 11 nitrogen and oxygen atoms in total. The van der Waals surface area contributed by atoms with Gasteiger partial charge in [-0.15, -0.1) is 0 Å². The summed E-state index contributed by atoms with van der Waals surface area (Å²) in [7, 11) is -4.14. The molecular formula is C31H47N5O6S. The van der Waals surface area contributed by atoms with E-state index in [9.17, 15) is 22.8 Å². The first-order valence-electron chi connectivity index (χ1n) is 15.1. The van der Waals surface area contributed by atoms with E-state index in [4.69, 9.17) is 10.5 Å². The number of nitrogens with one attached hydrogen (secondary N) is 2. The zero-order chi connectivity index (χ0) is 31.6. The van der Waals surface area contributed by atoms with Gasteiger partial charge >= 0.3 is 6.09 Å². The summed E-state index contributed by atoms with van der Waals surface area (Å²) in [6.45, 7) is 9.62. The van der Waals surface area contributed by atoms with Gasteiger partial charge in [-0.1, -0.05) is 43.7 Å². The van der Waals surface area contributed by atoms with Crippen molar-refractivity contribution in [2.24, 2.45) is 11.7 Å². The maximum absolute atomic E-state index is 13.6. The van der Waals surface area contributed by atoms with Crippen LogP contribution < -0.4 is 15.8 Å². The molecule has 238 valence electrons. The number of ether oxygens (including phenoxy) is 1. The van der Waals surface area contributed by atoms with E-state index >= 15 is 0 Å². The van der Waals surface area contributed by atoms with Gasteiger partial charge in [0.15, 0.2) is 0 Å². The molecule has 0 bridgehead atoms. The summed E-state index contributed by atoms with van der Waals surface area (Å²) in [5.74, 6) is -0.948. The predicted octanol–water partition coefficient (Wildman–Crippen LogP) is 3.23. The van der Waals surface area contributed by atoms with Crippen LogP contribution in [0.2, 0.25) is 0 Å². The molecule has 3 rings (SSSR count). The molecule has 3 amide bonds. The van der Waals surface area contributed by atoms with E-state index in [2.05, 4.69) is 10.0 Å². The van der Waals surface area contributed by atoms with E-state index in [1.54, 1.807) is 17.0 Å². The minimum atomic E-state index is -4.14. The summed E-state index contributed by atoms with van der Waals surface area (Å²) in [5.41, 5.74) is 5.16. The summed E-state index contributed by atoms with van der Waals surface area (Å²) in [6.07, 6.45) is 2.39. The van der Waals surface area contributed by atoms with Crippen molar-refractivity contribution in [3.05, 3.63) is 42.5 Å². The van der Waals surface area contributed by atoms with E-state index in [1.165, 1.54) is 11.0 Å². The number of rotatable bonds is 13. The van der Waals surface area contributed by atoms with Crippen LogP contribution in [0.5, 0.6) is 0 Å². The van der Waals surface area contributed by atoms with Crippen LogP contribution in [0.15, 0.2) is 47.4 Å². The molecule has 1 fully saturated rings. The van der Waals surface area contributed by atoms with Gasteiger partial charge in [0, 0.05) is 39.3 Å². The fourth-order valence-corrected chi connectivity index (χ4v) is 6.29. The van der Waals surface area contributed by atoms with Gasteiger partial charge in [0.2, 0.25) is 21.8 Å². The maximum Gasteiger partial charge on any atom is 0.410 e. The smallest absolute Gasteiger partial charge is 0.410 e. The molecule has 4 N–H and O–H groups in total. The molecule has 43 heavy (non-hydrogen) atoms. The van der Waals surface area contributed by atoms with Crippen molar-refractivity contribution in [1.82, 2.24) is 19.8 Å². The lowest BCUT2D eigenvalue weighted by Gasteiger charge is -2.34. The Hall–Kier alpha value is -3.22. The van der Waals surface area contributed by atoms with Crippen molar-refractivity contribution >= 4 is 38.7 Å². The molecule has 1 aliphatic rings. The number of nitrogens with two attached hydrogens (primary N) is 1. The number of nitrogens with zero attached hydrogens (tertiary/aromatic N) is 2. The van der Waals surface area contributed by atoms with Gasteiger partial charge < -0.3 is 25.6 Å². The van der Waals surface area contributed by atoms with Gasteiger partial charge in [-0.2, -0.15) is 4.72 Å². The molecule has 0 radical (unpaired) electrons. The number of benzene rings is 2. The lowest BCUT2D eigenvalue weighted by Crippen LogP contribution is -2.52. The predicted molar refractivity (Wildman–Crippen MR) is 167 cm³/mol. The highest BCUT2D eigenvalue weighted by Gasteiger charge is 2.32. The van der Waals surface area contributed by atoms with Gasteiger partial charge in [0.05, 0.1) is 11.3 Å². The van der Waals surface area contributed by atoms with Crippen LogP contribution in [0, 0.1) is 5.92 Å². The Bertz CT molecular complexity index is 1360.